The molecular formula is C13H29IN4O. The van der Waals surface area contributed by atoms with E-state index in [1.165, 1.54) is 32.5 Å². The molecule has 0 saturated carbocycles. The van der Waals surface area contributed by atoms with Crippen molar-refractivity contribution in [2.24, 2.45) is 4.99 Å². The zero-order valence-corrected chi connectivity index (χ0v) is 14.6. The van der Waals surface area contributed by atoms with Gasteiger partial charge >= 0.3 is 0 Å². The second-order valence-electron chi connectivity index (χ2n) is 4.58. The van der Waals surface area contributed by atoms with E-state index in [2.05, 4.69) is 27.4 Å². The number of nitrogens with one attached hydrogen (secondary N) is 2. The van der Waals surface area contributed by atoms with Crippen molar-refractivity contribution in [3.05, 3.63) is 0 Å². The molecule has 1 aliphatic heterocycles. The number of aliphatic imine (C=N–C) groups is 1. The molecule has 0 unspecified atom stereocenters. The molecule has 0 aromatic carbocycles. The van der Waals surface area contributed by atoms with Crippen LogP contribution in [0.1, 0.15) is 26.2 Å². The van der Waals surface area contributed by atoms with Crippen molar-refractivity contribution >= 4 is 29.9 Å². The summed E-state index contributed by atoms with van der Waals surface area (Å²) in [6, 6.07) is 0. The Balaban J connectivity index is 0.00000324. The number of methoxy groups -OCH3 is 1. The van der Waals surface area contributed by atoms with Gasteiger partial charge in [-0.15, -0.1) is 24.0 Å². The number of likely N-dealkylation sites (tertiary alicyclic amines) is 1. The molecular weight excluding hydrogens is 355 g/mol. The van der Waals surface area contributed by atoms with E-state index in [0.29, 0.717) is 6.61 Å². The topological polar surface area (TPSA) is 48.9 Å². The van der Waals surface area contributed by atoms with Crippen LogP contribution in [0.15, 0.2) is 4.99 Å². The maximum atomic E-state index is 5.01. The molecule has 0 spiro atoms. The summed E-state index contributed by atoms with van der Waals surface area (Å²) in [4.78, 5) is 7.09. The predicted molar refractivity (Wildman–Crippen MR) is 91.6 cm³/mol. The Morgan fingerprint density at radius 2 is 2.00 bits per heavy atom. The molecule has 0 amide bonds. The summed E-state index contributed by atoms with van der Waals surface area (Å²) in [5, 5.41) is 6.49. The molecule has 1 fully saturated rings. The molecule has 1 rings (SSSR count). The number of halogens is 1. The van der Waals surface area contributed by atoms with Crippen LogP contribution in [-0.2, 0) is 4.74 Å². The van der Waals surface area contributed by atoms with E-state index in [1.54, 1.807) is 7.11 Å². The van der Waals surface area contributed by atoms with Crippen LogP contribution in [0.25, 0.3) is 0 Å². The molecule has 0 bridgehead atoms. The van der Waals surface area contributed by atoms with E-state index in [9.17, 15) is 0 Å². The molecule has 0 aromatic heterocycles. The lowest BCUT2D eigenvalue weighted by Crippen LogP contribution is -2.39. The molecule has 19 heavy (non-hydrogen) atoms. The van der Waals surface area contributed by atoms with E-state index in [0.717, 1.165) is 32.0 Å². The lowest BCUT2D eigenvalue weighted by Gasteiger charge is -2.14. The summed E-state index contributed by atoms with van der Waals surface area (Å²) in [6.07, 6.45) is 3.87. The highest BCUT2D eigenvalue weighted by molar-refractivity contribution is 14.0. The SMILES string of the molecule is CCNC(=NCCCN1CCCC1)NCCOC.I. The number of nitrogens with zero attached hydrogens (tertiary/aromatic N) is 2. The van der Waals surface area contributed by atoms with Crippen molar-refractivity contribution in [2.75, 3.05) is 53.0 Å². The van der Waals surface area contributed by atoms with Gasteiger partial charge in [-0.2, -0.15) is 0 Å². The third kappa shape index (κ3) is 9.45. The average molecular weight is 384 g/mol. The van der Waals surface area contributed by atoms with Gasteiger partial charge in [0.2, 0.25) is 0 Å². The third-order valence-corrected chi connectivity index (χ3v) is 3.04. The van der Waals surface area contributed by atoms with Crippen molar-refractivity contribution in [1.29, 1.82) is 0 Å². The number of hydrogen-bond acceptors (Lipinski definition) is 3. The summed E-state index contributed by atoms with van der Waals surface area (Å²) < 4.78 is 5.01. The van der Waals surface area contributed by atoms with Gasteiger partial charge in [0, 0.05) is 26.7 Å². The Labute approximate surface area is 134 Å². The monoisotopic (exact) mass is 384 g/mol. The summed E-state index contributed by atoms with van der Waals surface area (Å²) >= 11 is 0. The van der Waals surface area contributed by atoms with E-state index in [1.807, 2.05) is 0 Å². The van der Waals surface area contributed by atoms with Gasteiger partial charge in [-0.25, -0.2) is 0 Å². The van der Waals surface area contributed by atoms with Gasteiger partial charge in [0.1, 0.15) is 0 Å². The zero-order valence-electron chi connectivity index (χ0n) is 12.3. The fourth-order valence-corrected chi connectivity index (χ4v) is 2.10. The highest BCUT2D eigenvalue weighted by atomic mass is 127. The minimum Gasteiger partial charge on any atom is -0.383 e. The fourth-order valence-electron chi connectivity index (χ4n) is 2.10. The van der Waals surface area contributed by atoms with Crippen LogP contribution in [0.4, 0.5) is 0 Å². The quantitative estimate of drug-likeness (QED) is 0.287. The Morgan fingerprint density at radius 3 is 2.63 bits per heavy atom. The molecule has 1 aliphatic rings. The van der Waals surface area contributed by atoms with Crippen LogP contribution in [0.2, 0.25) is 0 Å². The van der Waals surface area contributed by atoms with Gasteiger partial charge in [-0.3, -0.25) is 4.99 Å². The first-order chi connectivity index (χ1) is 8.86. The Morgan fingerprint density at radius 1 is 1.26 bits per heavy atom. The maximum absolute atomic E-state index is 5.01. The molecule has 1 heterocycles. The van der Waals surface area contributed by atoms with Crippen LogP contribution < -0.4 is 10.6 Å². The standard InChI is InChI=1S/C13H28N4O.HI/c1-3-14-13(16-8-12-18-2)15-7-6-11-17-9-4-5-10-17;/h3-12H2,1-2H3,(H2,14,15,16);1H. The normalized spacial score (nSPS) is 16.2. The summed E-state index contributed by atoms with van der Waals surface area (Å²) in [7, 11) is 1.71. The van der Waals surface area contributed by atoms with Crippen LogP contribution >= 0.6 is 24.0 Å². The first kappa shape index (κ1) is 18.9. The Bertz CT molecular complexity index is 233. The van der Waals surface area contributed by atoms with Gasteiger partial charge in [0.15, 0.2) is 5.96 Å². The van der Waals surface area contributed by atoms with Crippen molar-refractivity contribution in [1.82, 2.24) is 15.5 Å². The van der Waals surface area contributed by atoms with Crippen LogP contribution in [0.5, 0.6) is 0 Å². The highest BCUT2D eigenvalue weighted by Gasteiger charge is 2.09. The lowest BCUT2D eigenvalue weighted by atomic mass is 10.4. The van der Waals surface area contributed by atoms with Crippen molar-refractivity contribution in [3.8, 4) is 0 Å². The third-order valence-electron chi connectivity index (χ3n) is 3.04. The molecule has 0 aliphatic carbocycles. The highest BCUT2D eigenvalue weighted by Crippen LogP contribution is 2.07. The number of rotatable bonds is 8. The Hall–Kier alpha value is -0.0800. The summed E-state index contributed by atoms with van der Waals surface area (Å²) in [5.41, 5.74) is 0. The molecule has 6 heteroatoms. The molecule has 0 atom stereocenters. The van der Waals surface area contributed by atoms with Crippen LogP contribution in [-0.4, -0.2) is 63.8 Å². The van der Waals surface area contributed by atoms with Gasteiger partial charge in [-0.1, -0.05) is 0 Å². The van der Waals surface area contributed by atoms with E-state index in [-0.39, 0.29) is 24.0 Å². The number of ether oxygens (including phenoxy) is 1. The van der Waals surface area contributed by atoms with Crippen molar-refractivity contribution in [3.63, 3.8) is 0 Å². The molecule has 0 radical (unpaired) electrons. The van der Waals surface area contributed by atoms with Crippen molar-refractivity contribution < 1.29 is 4.74 Å². The molecule has 5 nitrogen and oxygen atoms in total. The summed E-state index contributed by atoms with van der Waals surface area (Å²) in [5.74, 6) is 0.899. The predicted octanol–water partition coefficient (Wildman–Crippen LogP) is 1.29. The number of guanidine groups is 1. The fraction of sp³-hybridized carbons (Fsp3) is 0.923. The van der Waals surface area contributed by atoms with E-state index < -0.39 is 0 Å². The smallest absolute Gasteiger partial charge is 0.191 e. The largest absolute Gasteiger partial charge is 0.383 e. The maximum Gasteiger partial charge on any atom is 0.191 e. The minimum absolute atomic E-state index is 0. The first-order valence-electron chi connectivity index (χ1n) is 7.10. The summed E-state index contributed by atoms with van der Waals surface area (Å²) in [6.45, 7) is 9.10. The van der Waals surface area contributed by atoms with E-state index in [4.69, 9.17) is 4.74 Å². The minimum atomic E-state index is 0. The Kier molecular flexibility index (Phi) is 12.9. The van der Waals surface area contributed by atoms with Gasteiger partial charge in [-0.05, 0) is 45.8 Å². The van der Waals surface area contributed by atoms with Gasteiger partial charge in [0.05, 0.1) is 6.61 Å². The molecule has 1 saturated heterocycles. The second kappa shape index (κ2) is 12.9. The molecule has 0 aromatic rings. The second-order valence-corrected chi connectivity index (χ2v) is 4.58. The van der Waals surface area contributed by atoms with Crippen LogP contribution in [0.3, 0.4) is 0 Å². The molecule has 2 N–H and O–H groups in total. The van der Waals surface area contributed by atoms with Gasteiger partial charge in [0.25, 0.3) is 0 Å². The van der Waals surface area contributed by atoms with E-state index >= 15 is 0 Å². The van der Waals surface area contributed by atoms with Crippen LogP contribution in [0, 0.1) is 0 Å². The average Bonchev–Trinajstić information content (AvgIpc) is 2.88. The number of hydrogen-bond donors (Lipinski definition) is 2. The van der Waals surface area contributed by atoms with Crippen molar-refractivity contribution in [2.45, 2.75) is 26.2 Å². The molecule has 114 valence electrons. The first-order valence-corrected chi connectivity index (χ1v) is 7.10. The zero-order chi connectivity index (χ0) is 13.1. The lowest BCUT2D eigenvalue weighted by molar-refractivity contribution is 0.203. The van der Waals surface area contributed by atoms with Gasteiger partial charge < -0.3 is 20.3 Å².